The zero-order chi connectivity index (χ0) is 15.8. The zero-order valence-electron chi connectivity index (χ0n) is 12.2. The normalized spacial score (nSPS) is 10.5. The average Bonchev–Trinajstić information content (AvgIpc) is 2.96. The van der Waals surface area contributed by atoms with Crippen LogP contribution in [0.3, 0.4) is 0 Å². The highest BCUT2D eigenvalue weighted by Crippen LogP contribution is 2.34. The molecule has 4 aromatic rings. The number of nitriles is 1. The SMILES string of the molecule is [C-]#[N+]c1ccc(-n2c3ccccc3c3c(C#N)cccc32)cc1. The van der Waals surface area contributed by atoms with Crippen molar-refractivity contribution < 1.29 is 0 Å². The van der Waals surface area contributed by atoms with Crippen LogP contribution in [-0.2, 0) is 0 Å². The lowest BCUT2D eigenvalue weighted by Gasteiger charge is -2.07. The number of rotatable bonds is 1. The smallest absolute Gasteiger partial charge is 0.187 e. The molecule has 3 nitrogen and oxygen atoms in total. The number of nitrogens with zero attached hydrogens (tertiary/aromatic N) is 3. The van der Waals surface area contributed by atoms with Gasteiger partial charge in [-0.05, 0) is 30.3 Å². The maximum atomic E-state index is 9.45. The molecule has 0 spiro atoms. The Kier molecular flexibility index (Phi) is 2.86. The lowest BCUT2D eigenvalue weighted by molar-refractivity contribution is 1.18. The highest BCUT2D eigenvalue weighted by atomic mass is 15.0. The molecule has 4 rings (SSSR count). The number of fused-ring (bicyclic) bond motifs is 3. The highest BCUT2D eigenvalue weighted by molar-refractivity contribution is 6.11. The molecule has 0 radical (unpaired) electrons. The fraction of sp³-hybridized carbons (Fsp3) is 0. The largest absolute Gasteiger partial charge is 0.309 e. The number of hydrogen-bond acceptors (Lipinski definition) is 1. The van der Waals surface area contributed by atoms with Crippen LogP contribution in [0.25, 0.3) is 32.3 Å². The summed E-state index contributed by atoms with van der Waals surface area (Å²) in [6.07, 6.45) is 0. The standard InChI is InChI=1S/C20H11N3/c1-22-15-9-11-16(12-10-15)23-18-7-3-2-6-17(18)20-14(13-21)5-4-8-19(20)23/h2-12H. The van der Waals surface area contributed by atoms with E-state index in [1.54, 1.807) is 0 Å². The first-order valence-corrected chi connectivity index (χ1v) is 7.23. The summed E-state index contributed by atoms with van der Waals surface area (Å²) in [5.74, 6) is 0. The first-order chi connectivity index (χ1) is 11.3. The maximum Gasteiger partial charge on any atom is 0.187 e. The summed E-state index contributed by atoms with van der Waals surface area (Å²) in [5.41, 5.74) is 4.34. The predicted octanol–water partition coefficient (Wildman–Crippen LogP) is 5.21. The molecular weight excluding hydrogens is 282 g/mol. The highest BCUT2D eigenvalue weighted by Gasteiger charge is 2.14. The third kappa shape index (κ3) is 1.88. The molecule has 0 N–H and O–H groups in total. The third-order valence-corrected chi connectivity index (χ3v) is 4.06. The minimum absolute atomic E-state index is 0.618. The summed E-state index contributed by atoms with van der Waals surface area (Å²) < 4.78 is 2.14. The van der Waals surface area contributed by atoms with E-state index in [2.05, 4.69) is 21.5 Å². The summed E-state index contributed by atoms with van der Waals surface area (Å²) >= 11 is 0. The second-order valence-corrected chi connectivity index (χ2v) is 5.29. The Morgan fingerprint density at radius 1 is 0.870 bits per heavy atom. The van der Waals surface area contributed by atoms with Gasteiger partial charge in [0.2, 0.25) is 0 Å². The number of para-hydroxylation sites is 1. The first-order valence-electron chi connectivity index (χ1n) is 7.23. The molecule has 1 heterocycles. The van der Waals surface area contributed by atoms with Crippen molar-refractivity contribution >= 4 is 27.5 Å². The molecule has 0 bridgehead atoms. The van der Waals surface area contributed by atoms with Gasteiger partial charge >= 0.3 is 0 Å². The molecule has 0 unspecified atom stereocenters. The van der Waals surface area contributed by atoms with Gasteiger partial charge in [0.05, 0.1) is 29.2 Å². The number of hydrogen-bond donors (Lipinski definition) is 0. The molecule has 0 aliphatic heterocycles. The van der Waals surface area contributed by atoms with Gasteiger partial charge < -0.3 is 4.57 Å². The summed E-state index contributed by atoms with van der Waals surface area (Å²) in [6.45, 7) is 7.09. The molecular formula is C20H11N3. The Hall–Kier alpha value is -3.56. The molecule has 0 saturated heterocycles. The Morgan fingerprint density at radius 3 is 2.35 bits per heavy atom. The molecule has 0 amide bonds. The summed E-state index contributed by atoms with van der Waals surface area (Å²) in [5, 5.41) is 11.5. The van der Waals surface area contributed by atoms with E-state index in [-0.39, 0.29) is 0 Å². The van der Waals surface area contributed by atoms with Crippen LogP contribution in [0.5, 0.6) is 0 Å². The quantitative estimate of drug-likeness (QED) is 0.444. The molecule has 0 fully saturated rings. The molecule has 0 saturated carbocycles. The summed E-state index contributed by atoms with van der Waals surface area (Å²) in [4.78, 5) is 3.44. The van der Waals surface area contributed by atoms with Crippen LogP contribution in [0.15, 0.2) is 66.7 Å². The van der Waals surface area contributed by atoms with E-state index in [1.807, 2.05) is 60.7 Å². The number of aromatic nitrogens is 1. The van der Waals surface area contributed by atoms with Gasteiger partial charge in [-0.15, -0.1) is 0 Å². The fourth-order valence-corrected chi connectivity index (χ4v) is 3.07. The lowest BCUT2D eigenvalue weighted by Crippen LogP contribution is -1.93. The van der Waals surface area contributed by atoms with Gasteiger partial charge in [0, 0.05) is 16.5 Å². The number of benzene rings is 3. The van der Waals surface area contributed by atoms with E-state index < -0.39 is 0 Å². The van der Waals surface area contributed by atoms with Crippen molar-refractivity contribution in [1.29, 1.82) is 5.26 Å². The minimum atomic E-state index is 0.618. The van der Waals surface area contributed by atoms with Gasteiger partial charge in [-0.25, -0.2) is 4.85 Å². The topological polar surface area (TPSA) is 33.1 Å². The maximum absolute atomic E-state index is 9.45. The molecule has 3 aromatic carbocycles. The van der Waals surface area contributed by atoms with Crippen molar-refractivity contribution in [1.82, 2.24) is 4.57 Å². The van der Waals surface area contributed by atoms with Gasteiger partial charge in [-0.3, -0.25) is 0 Å². The van der Waals surface area contributed by atoms with E-state index in [0.717, 1.165) is 27.5 Å². The molecule has 0 atom stereocenters. The Bertz CT molecular complexity index is 1120. The molecule has 3 heteroatoms. The molecule has 0 aliphatic carbocycles. The van der Waals surface area contributed by atoms with Gasteiger partial charge in [-0.2, -0.15) is 5.26 Å². The minimum Gasteiger partial charge on any atom is -0.309 e. The Labute approximate surface area is 133 Å². The van der Waals surface area contributed by atoms with E-state index >= 15 is 0 Å². The Balaban J connectivity index is 2.16. The fourth-order valence-electron chi connectivity index (χ4n) is 3.07. The van der Waals surface area contributed by atoms with E-state index in [0.29, 0.717) is 11.3 Å². The van der Waals surface area contributed by atoms with E-state index in [4.69, 9.17) is 6.57 Å². The lowest BCUT2D eigenvalue weighted by atomic mass is 10.1. The van der Waals surface area contributed by atoms with Crippen molar-refractivity contribution in [3.8, 4) is 11.8 Å². The van der Waals surface area contributed by atoms with Gasteiger partial charge in [0.1, 0.15) is 0 Å². The van der Waals surface area contributed by atoms with Crippen molar-refractivity contribution in [2.24, 2.45) is 0 Å². The van der Waals surface area contributed by atoms with Crippen molar-refractivity contribution in [2.75, 3.05) is 0 Å². The van der Waals surface area contributed by atoms with Crippen LogP contribution < -0.4 is 0 Å². The second-order valence-electron chi connectivity index (χ2n) is 5.29. The van der Waals surface area contributed by atoms with Gasteiger partial charge in [0.25, 0.3) is 0 Å². The average molecular weight is 293 g/mol. The van der Waals surface area contributed by atoms with E-state index in [9.17, 15) is 5.26 Å². The van der Waals surface area contributed by atoms with Crippen LogP contribution in [0.4, 0.5) is 5.69 Å². The van der Waals surface area contributed by atoms with Crippen molar-refractivity contribution in [3.05, 3.63) is 83.7 Å². The van der Waals surface area contributed by atoms with Crippen LogP contribution >= 0.6 is 0 Å². The third-order valence-electron chi connectivity index (χ3n) is 4.06. The molecule has 0 aliphatic rings. The second kappa shape index (κ2) is 5.02. The van der Waals surface area contributed by atoms with Gasteiger partial charge in [-0.1, -0.05) is 36.4 Å². The van der Waals surface area contributed by atoms with Crippen LogP contribution in [0, 0.1) is 17.9 Å². The van der Waals surface area contributed by atoms with Gasteiger partial charge in [0.15, 0.2) is 5.69 Å². The summed E-state index contributed by atoms with van der Waals surface area (Å²) in [7, 11) is 0. The van der Waals surface area contributed by atoms with Crippen molar-refractivity contribution in [3.63, 3.8) is 0 Å². The van der Waals surface area contributed by atoms with Crippen LogP contribution in [0.1, 0.15) is 5.56 Å². The van der Waals surface area contributed by atoms with E-state index in [1.165, 1.54) is 0 Å². The zero-order valence-corrected chi connectivity index (χ0v) is 12.2. The molecule has 106 valence electrons. The monoisotopic (exact) mass is 293 g/mol. The van der Waals surface area contributed by atoms with Crippen molar-refractivity contribution in [2.45, 2.75) is 0 Å². The summed E-state index contributed by atoms with van der Waals surface area (Å²) in [6, 6.07) is 23.7. The predicted molar refractivity (Wildman–Crippen MR) is 91.8 cm³/mol. The molecule has 23 heavy (non-hydrogen) atoms. The van der Waals surface area contributed by atoms with Crippen LogP contribution in [0.2, 0.25) is 0 Å². The first kappa shape index (κ1) is 13.1. The molecule has 1 aromatic heterocycles. The van der Waals surface area contributed by atoms with Crippen LogP contribution in [-0.4, -0.2) is 4.57 Å². The Morgan fingerprint density at radius 2 is 1.61 bits per heavy atom.